The van der Waals surface area contributed by atoms with E-state index in [2.05, 4.69) is 48.3 Å². The van der Waals surface area contributed by atoms with Gasteiger partial charge in [-0.05, 0) is 32.0 Å². The van der Waals surface area contributed by atoms with Crippen molar-refractivity contribution in [1.29, 1.82) is 0 Å². The summed E-state index contributed by atoms with van der Waals surface area (Å²) in [5.74, 6) is 4.94. The van der Waals surface area contributed by atoms with Crippen LogP contribution in [0, 0.1) is 0 Å². The molecule has 1 aromatic carbocycles. The summed E-state index contributed by atoms with van der Waals surface area (Å²) in [6, 6.07) is 9.39. The number of hydrogen-bond acceptors (Lipinski definition) is 4. The van der Waals surface area contributed by atoms with Crippen LogP contribution in [0.3, 0.4) is 0 Å². The number of hydrogen-bond donors (Lipinski definition) is 2. The normalized spacial score (nSPS) is 24.0. The molecule has 1 amide bonds. The number of likely N-dealkylation sites (N-methyl/N-ethyl adjacent to an activating group) is 1. The zero-order valence-corrected chi connectivity index (χ0v) is 13.2. The van der Waals surface area contributed by atoms with Crippen LogP contribution >= 0.6 is 0 Å². The second-order valence-corrected chi connectivity index (χ2v) is 6.12. The number of hydrazine groups is 1. The summed E-state index contributed by atoms with van der Waals surface area (Å²) in [6.07, 6.45) is 0.333. The molecule has 5 nitrogen and oxygen atoms in total. The van der Waals surface area contributed by atoms with E-state index in [0.717, 1.165) is 25.2 Å². The molecule has 2 atom stereocenters. The van der Waals surface area contributed by atoms with Crippen molar-refractivity contribution in [2.24, 2.45) is 5.84 Å². The Bertz CT molecular complexity index is 462. The van der Waals surface area contributed by atoms with E-state index >= 15 is 0 Å². The lowest BCUT2D eigenvalue weighted by molar-refractivity contribution is -0.120. The maximum Gasteiger partial charge on any atom is 0.238 e. The maximum atomic E-state index is 11.2. The minimum atomic E-state index is -0.163. The van der Waals surface area contributed by atoms with E-state index in [4.69, 9.17) is 5.84 Å². The molecule has 0 aromatic heterocycles. The predicted octanol–water partition coefficient (Wildman–Crippen LogP) is 0.743. The van der Waals surface area contributed by atoms with Gasteiger partial charge < -0.3 is 0 Å². The summed E-state index contributed by atoms with van der Waals surface area (Å²) in [4.78, 5) is 16.2. The van der Waals surface area contributed by atoms with Gasteiger partial charge in [-0.2, -0.15) is 0 Å². The largest absolute Gasteiger partial charge is 0.298 e. The Kier molecular flexibility index (Phi) is 5.33. The number of amides is 1. The topological polar surface area (TPSA) is 61.6 Å². The lowest BCUT2D eigenvalue weighted by Crippen LogP contribution is -2.54. The number of rotatable bonds is 4. The van der Waals surface area contributed by atoms with Gasteiger partial charge in [-0.15, -0.1) is 0 Å². The molecule has 21 heavy (non-hydrogen) atoms. The summed E-state index contributed by atoms with van der Waals surface area (Å²) in [6.45, 7) is 7.70. The van der Waals surface area contributed by atoms with Gasteiger partial charge in [-0.3, -0.25) is 20.0 Å². The Morgan fingerprint density at radius 1 is 1.19 bits per heavy atom. The number of nitrogens with one attached hydrogen (secondary N) is 1. The summed E-state index contributed by atoms with van der Waals surface area (Å²) in [5.41, 5.74) is 4.43. The molecule has 0 radical (unpaired) electrons. The third kappa shape index (κ3) is 4.27. The Balaban J connectivity index is 1.93. The summed E-state index contributed by atoms with van der Waals surface area (Å²) in [5, 5.41) is 0. The van der Waals surface area contributed by atoms with Crippen LogP contribution < -0.4 is 11.3 Å². The number of carbonyl (C=O) groups excluding carboxylic acids is 1. The van der Waals surface area contributed by atoms with Crippen molar-refractivity contribution in [3.8, 4) is 0 Å². The lowest BCUT2D eigenvalue weighted by atomic mass is 10.1. The number of piperazine rings is 1. The monoisotopic (exact) mass is 290 g/mol. The highest BCUT2D eigenvalue weighted by Gasteiger charge is 2.26. The molecule has 0 saturated carbocycles. The molecule has 5 heteroatoms. The molecule has 0 aliphatic carbocycles. The van der Waals surface area contributed by atoms with Crippen LogP contribution in [-0.4, -0.2) is 47.9 Å². The summed E-state index contributed by atoms with van der Waals surface area (Å²) in [7, 11) is 2.20. The first kappa shape index (κ1) is 15.9. The molecule has 1 aromatic rings. The minimum absolute atomic E-state index is 0.163. The van der Waals surface area contributed by atoms with Crippen molar-refractivity contribution in [3.63, 3.8) is 0 Å². The van der Waals surface area contributed by atoms with Gasteiger partial charge in [0, 0.05) is 31.7 Å². The van der Waals surface area contributed by atoms with E-state index in [0.29, 0.717) is 18.5 Å². The fraction of sp³-hybridized carbons (Fsp3) is 0.562. The van der Waals surface area contributed by atoms with Gasteiger partial charge in [0.25, 0.3) is 0 Å². The van der Waals surface area contributed by atoms with Gasteiger partial charge in [-0.25, -0.2) is 5.84 Å². The lowest BCUT2D eigenvalue weighted by Gasteiger charge is -2.42. The fourth-order valence-corrected chi connectivity index (χ4v) is 2.90. The highest BCUT2D eigenvalue weighted by atomic mass is 16.2. The molecule has 1 aliphatic heterocycles. The second-order valence-electron chi connectivity index (χ2n) is 6.12. The Labute approximate surface area is 127 Å². The Morgan fingerprint density at radius 2 is 1.71 bits per heavy atom. The zero-order chi connectivity index (χ0) is 15.4. The van der Waals surface area contributed by atoms with Crippen molar-refractivity contribution in [1.82, 2.24) is 15.2 Å². The summed E-state index contributed by atoms with van der Waals surface area (Å²) >= 11 is 0. The molecule has 0 spiro atoms. The van der Waals surface area contributed by atoms with Gasteiger partial charge in [-0.1, -0.05) is 24.3 Å². The first-order valence-corrected chi connectivity index (χ1v) is 7.51. The molecular weight excluding hydrogens is 264 g/mol. The molecule has 1 aliphatic rings. The van der Waals surface area contributed by atoms with Gasteiger partial charge in [0.15, 0.2) is 0 Å². The van der Waals surface area contributed by atoms with E-state index in [1.54, 1.807) is 0 Å². The average molecular weight is 290 g/mol. The first-order valence-electron chi connectivity index (χ1n) is 7.51. The quantitative estimate of drug-likeness (QED) is 0.488. The highest BCUT2D eigenvalue weighted by molar-refractivity contribution is 5.77. The van der Waals surface area contributed by atoms with E-state index in [1.807, 2.05) is 12.1 Å². The van der Waals surface area contributed by atoms with Crippen molar-refractivity contribution in [2.45, 2.75) is 38.9 Å². The standard InChI is InChI=1S/C16H26N4O/c1-12-9-20(10-13(2)19(12)3)11-15-6-4-14(5-7-15)8-16(21)18-17/h4-7,12-13H,8-11,17H2,1-3H3,(H,18,21). The fourth-order valence-electron chi connectivity index (χ4n) is 2.90. The SMILES string of the molecule is CC1CN(Cc2ccc(CC(=O)NN)cc2)CC(C)N1C. The molecular formula is C16H26N4O. The molecule has 1 saturated heterocycles. The molecule has 3 N–H and O–H groups in total. The Hall–Kier alpha value is -1.43. The van der Waals surface area contributed by atoms with Crippen molar-refractivity contribution >= 4 is 5.91 Å². The van der Waals surface area contributed by atoms with Crippen LogP contribution in [0.2, 0.25) is 0 Å². The molecule has 1 heterocycles. The van der Waals surface area contributed by atoms with Crippen LogP contribution in [0.15, 0.2) is 24.3 Å². The predicted molar refractivity (Wildman–Crippen MR) is 84.4 cm³/mol. The van der Waals surface area contributed by atoms with E-state index in [1.165, 1.54) is 5.56 Å². The van der Waals surface area contributed by atoms with Crippen LogP contribution in [-0.2, 0) is 17.8 Å². The molecule has 2 unspecified atom stereocenters. The number of benzene rings is 1. The summed E-state index contributed by atoms with van der Waals surface area (Å²) < 4.78 is 0. The third-order valence-electron chi connectivity index (χ3n) is 4.39. The third-order valence-corrected chi connectivity index (χ3v) is 4.39. The molecule has 2 rings (SSSR count). The van der Waals surface area contributed by atoms with Crippen LogP contribution in [0.4, 0.5) is 0 Å². The van der Waals surface area contributed by atoms with E-state index in [-0.39, 0.29) is 5.91 Å². The number of nitrogens with zero attached hydrogens (tertiary/aromatic N) is 2. The smallest absolute Gasteiger partial charge is 0.238 e. The maximum absolute atomic E-state index is 11.2. The van der Waals surface area contributed by atoms with Gasteiger partial charge in [0.2, 0.25) is 5.91 Å². The van der Waals surface area contributed by atoms with Crippen molar-refractivity contribution < 1.29 is 4.79 Å². The van der Waals surface area contributed by atoms with Crippen LogP contribution in [0.5, 0.6) is 0 Å². The zero-order valence-electron chi connectivity index (χ0n) is 13.2. The van der Waals surface area contributed by atoms with Gasteiger partial charge >= 0.3 is 0 Å². The first-order chi connectivity index (χ1) is 9.99. The molecule has 0 bridgehead atoms. The number of carbonyl (C=O) groups is 1. The van der Waals surface area contributed by atoms with Crippen LogP contribution in [0.1, 0.15) is 25.0 Å². The molecule has 1 fully saturated rings. The van der Waals surface area contributed by atoms with Crippen molar-refractivity contribution in [3.05, 3.63) is 35.4 Å². The Morgan fingerprint density at radius 3 is 2.24 bits per heavy atom. The van der Waals surface area contributed by atoms with Crippen LogP contribution in [0.25, 0.3) is 0 Å². The highest BCUT2D eigenvalue weighted by Crippen LogP contribution is 2.16. The molecule has 116 valence electrons. The number of nitrogens with two attached hydrogens (primary N) is 1. The second kappa shape index (κ2) is 7.02. The van der Waals surface area contributed by atoms with Gasteiger partial charge in [0.05, 0.1) is 6.42 Å². The van der Waals surface area contributed by atoms with Gasteiger partial charge in [0.1, 0.15) is 0 Å². The average Bonchev–Trinajstić information content (AvgIpc) is 2.46. The van der Waals surface area contributed by atoms with Crippen molar-refractivity contribution in [2.75, 3.05) is 20.1 Å². The van der Waals surface area contributed by atoms with E-state index in [9.17, 15) is 4.79 Å². The minimum Gasteiger partial charge on any atom is -0.298 e. The van der Waals surface area contributed by atoms with E-state index < -0.39 is 0 Å².